The largest absolute Gasteiger partial charge is 0.484 e. The van der Waals surface area contributed by atoms with Crippen LogP contribution in [0.15, 0.2) is 59.4 Å². The molecule has 0 bridgehead atoms. The third-order valence-corrected chi connectivity index (χ3v) is 5.06. The molecule has 10 heteroatoms. The average Bonchev–Trinajstić information content (AvgIpc) is 2.85. The average molecular weight is 466 g/mol. The lowest BCUT2D eigenvalue weighted by Crippen LogP contribution is -2.55. The van der Waals surface area contributed by atoms with E-state index in [0.29, 0.717) is 16.5 Å². The number of nitrogens with zero attached hydrogens (tertiary/aromatic N) is 2. The molecule has 0 saturated carbocycles. The first-order valence-corrected chi connectivity index (χ1v) is 10.9. The molecule has 0 radical (unpaired) electrons. The number of ether oxygens (including phenoxy) is 1. The highest BCUT2D eigenvalue weighted by molar-refractivity contribution is 6.05. The first-order valence-electron chi connectivity index (χ1n) is 10.9. The van der Waals surface area contributed by atoms with Crippen LogP contribution in [0.25, 0.3) is 10.8 Å². The van der Waals surface area contributed by atoms with Crippen molar-refractivity contribution in [1.82, 2.24) is 25.9 Å². The van der Waals surface area contributed by atoms with Gasteiger partial charge in [0, 0.05) is 11.9 Å². The molecule has 0 saturated heterocycles. The quantitative estimate of drug-likeness (QED) is 0.431. The number of benzene rings is 2. The fourth-order valence-electron chi connectivity index (χ4n) is 3.29. The second kappa shape index (κ2) is 11.1. The van der Waals surface area contributed by atoms with Gasteiger partial charge in [0.1, 0.15) is 11.8 Å². The van der Waals surface area contributed by atoms with E-state index < -0.39 is 23.8 Å². The van der Waals surface area contributed by atoms with E-state index in [0.717, 1.165) is 0 Å². The summed E-state index contributed by atoms with van der Waals surface area (Å²) in [6.45, 7) is 5.28. The fourth-order valence-corrected chi connectivity index (χ4v) is 3.29. The summed E-state index contributed by atoms with van der Waals surface area (Å²) >= 11 is 0. The van der Waals surface area contributed by atoms with Gasteiger partial charge in [-0.15, -0.1) is 0 Å². The Morgan fingerprint density at radius 3 is 2.26 bits per heavy atom. The number of hydrogen-bond acceptors (Lipinski definition) is 6. The van der Waals surface area contributed by atoms with Crippen LogP contribution in [0, 0.1) is 5.92 Å². The zero-order chi connectivity index (χ0) is 24.7. The second-order valence-electron chi connectivity index (χ2n) is 7.85. The standard InChI is InChI=1S/C24H27N5O5/c1-4-29-24(33)18-13-9-8-12-17(18)21(28-29)23(32)27-26-22(31)20(15(2)3)25-19(30)14-34-16-10-6-5-7-11-16/h5-13,15,20H,4,14H2,1-3H3,(H,25,30)(H,26,31)(H,27,32). The van der Waals surface area contributed by atoms with Crippen molar-refractivity contribution in [1.29, 1.82) is 0 Å². The molecule has 0 fully saturated rings. The summed E-state index contributed by atoms with van der Waals surface area (Å²) in [7, 11) is 0. The van der Waals surface area contributed by atoms with Gasteiger partial charge in [0.2, 0.25) is 0 Å². The Balaban J connectivity index is 1.66. The maximum absolute atomic E-state index is 12.8. The van der Waals surface area contributed by atoms with Crippen molar-refractivity contribution in [3.05, 3.63) is 70.6 Å². The molecule has 1 heterocycles. The molecule has 1 atom stereocenters. The number of aryl methyl sites for hydroxylation is 1. The van der Waals surface area contributed by atoms with Crippen molar-refractivity contribution in [2.75, 3.05) is 6.61 Å². The number of carbonyl (C=O) groups excluding carboxylic acids is 3. The number of carbonyl (C=O) groups is 3. The number of hydrazine groups is 1. The summed E-state index contributed by atoms with van der Waals surface area (Å²) in [5.41, 5.74) is 4.36. The predicted octanol–water partition coefficient (Wildman–Crippen LogP) is 1.40. The number of para-hydroxylation sites is 1. The maximum atomic E-state index is 12.8. The van der Waals surface area contributed by atoms with Crippen LogP contribution in [0.2, 0.25) is 0 Å². The summed E-state index contributed by atoms with van der Waals surface area (Å²) in [6, 6.07) is 14.5. The number of aromatic nitrogens is 2. The molecule has 1 aromatic heterocycles. The van der Waals surface area contributed by atoms with Gasteiger partial charge in [0.25, 0.3) is 23.3 Å². The fraction of sp³-hybridized carbons (Fsp3) is 0.292. The minimum Gasteiger partial charge on any atom is -0.484 e. The van der Waals surface area contributed by atoms with E-state index in [9.17, 15) is 19.2 Å². The van der Waals surface area contributed by atoms with Crippen LogP contribution in [-0.4, -0.2) is 40.2 Å². The molecular formula is C24H27N5O5. The van der Waals surface area contributed by atoms with Gasteiger partial charge in [-0.05, 0) is 31.0 Å². The summed E-state index contributed by atoms with van der Waals surface area (Å²) in [5.74, 6) is -1.51. The van der Waals surface area contributed by atoms with E-state index in [1.54, 1.807) is 69.3 Å². The molecule has 3 aromatic rings. The molecule has 10 nitrogen and oxygen atoms in total. The molecule has 0 spiro atoms. The zero-order valence-corrected chi connectivity index (χ0v) is 19.2. The van der Waals surface area contributed by atoms with Crippen molar-refractivity contribution in [3.8, 4) is 5.75 Å². The van der Waals surface area contributed by atoms with Gasteiger partial charge in [-0.25, -0.2) is 4.68 Å². The number of fused-ring (bicyclic) bond motifs is 1. The number of rotatable bonds is 8. The predicted molar refractivity (Wildman–Crippen MR) is 126 cm³/mol. The van der Waals surface area contributed by atoms with E-state index in [2.05, 4.69) is 21.3 Å². The van der Waals surface area contributed by atoms with Crippen LogP contribution in [0.3, 0.4) is 0 Å². The minimum absolute atomic E-state index is 0.00116. The van der Waals surface area contributed by atoms with Crippen LogP contribution in [-0.2, 0) is 16.1 Å². The smallest absolute Gasteiger partial charge is 0.290 e. The minimum atomic E-state index is -0.915. The van der Waals surface area contributed by atoms with Gasteiger partial charge in [0.05, 0.1) is 5.39 Å². The van der Waals surface area contributed by atoms with E-state index in [1.165, 1.54) is 4.68 Å². The summed E-state index contributed by atoms with van der Waals surface area (Å²) in [6.07, 6.45) is 0. The van der Waals surface area contributed by atoms with Crippen molar-refractivity contribution >= 4 is 28.5 Å². The molecular weight excluding hydrogens is 438 g/mol. The summed E-state index contributed by atoms with van der Waals surface area (Å²) in [4.78, 5) is 50.3. The van der Waals surface area contributed by atoms with Crippen molar-refractivity contribution in [3.63, 3.8) is 0 Å². The van der Waals surface area contributed by atoms with Crippen LogP contribution in [0.4, 0.5) is 0 Å². The first-order chi connectivity index (χ1) is 16.3. The van der Waals surface area contributed by atoms with E-state index in [4.69, 9.17) is 4.74 Å². The molecule has 0 aliphatic carbocycles. The Bertz CT molecular complexity index is 1240. The number of nitrogens with one attached hydrogen (secondary N) is 3. The van der Waals surface area contributed by atoms with Crippen molar-refractivity contribution in [2.24, 2.45) is 5.92 Å². The molecule has 3 rings (SSSR count). The number of amides is 3. The van der Waals surface area contributed by atoms with Crippen molar-refractivity contribution < 1.29 is 19.1 Å². The van der Waals surface area contributed by atoms with Crippen LogP contribution < -0.4 is 26.5 Å². The second-order valence-corrected chi connectivity index (χ2v) is 7.85. The van der Waals surface area contributed by atoms with Crippen LogP contribution in [0.5, 0.6) is 5.75 Å². The Hall–Kier alpha value is -4.21. The highest BCUT2D eigenvalue weighted by atomic mass is 16.5. The molecule has 1 unspecified atom stereocenters. The van der Waals surface area contributed by atoms with E-state index in [1.807, 2.05) is 6.07 Å². The lowest BCUT2D eigenvalue weighted by molar-refractivity contribution is -0.131. The van der Waals surface area contributed by atoms with Gasteiger partial charge >= 0.3 is 0 Å². The number of hydrogen-bond donors (Lipinski definition) is 3. The molecule has 3 N–H and O–H groups in total. The van der Waals surface area contributed by atoms with Gasteiger partial charge in [-0.3, -0.25) is 30.0 Å². The highest BCUT2D eigenvalue weighted by Crippen LogP contribution is 2.13. The van der Waals surface area contributed by atoms with E-state index >= 15 is 0 Å². The zero-order valence-electron chi connectivity index (χ0n) is 19.2. The Morgan fingerprint density at radius 1 is 0.971 bits per heavy atom. The van der Waals surface area contributed by atoms with Crippen LogP contribution >= 0.6 is 0 Å². The summed E-state index contributed by atoms with van der Waals surface area (Å²) in [5, 5.41) is 7.47. The van der Waals surface area contributed by atoms with Gasteiger partial charge < -0.3 is 10.1 Å². The lowest BCUT2D eigenvalue weighted by Gasteiger charge is -2.22. The maximum Gasteiger partial charge on any atom is 0.290 e. The molecule has 2 aromatic carbocycles. The Labute approximate surface area is 196 Å². The monoisotopic (exact) mass is 465 g/mol. The summed E-state index contributed by atoms with van der Waals surface area (Å²) < 4.78 is 6.59. The highest BCUT2D eigenvalue weighted by Gasteiger charge is 2.25. The van der Waals surface area contributed by atoms with Gasteiger partial charge in [-0.2, -0.15) is 5.10 Å². The molecule has 0 aliphatic heterocycles. The molecule has 34 heavy (non-hydrogen) atoms. The third kappa shape index (κ3) is 5.77. The van der Waals surface area contributed by atoms with Gasteiger partial charge in [-0.1, -0.05) is 50.2 Å². The molecule has 178 valence electrons. The Kier molecular flexibility index (Phi) is 7.96. The van der Waals surface area contributed by atoms with Crippen molar-refractivity contribution in [2.45, 2.75) is 33.4 Å². The normalized spacial score (nSPS) is 11.6. The lowest BCUT2D eigenvalue weighted by atomic mass is 10.0. The Morgan fingerprint density at radius 2 is 1.62 bits per heavy atom. The van der Waals surface area contributed by atoms with E-state index in [-0.39, 0.29) is 30.3 Å². The molecule has 0 aliphatic rings. The molecule has 3 amide bonds. The van der Waals surface area contributed by atoms with Gasteiger partial charge in [0.15, 0.2) is 12.3 Å². The SMILES string of the molecule is CCn1nc(C(=O)NNC(=O)C(NC(=O)COc2ccccc2)C(C)C)c2ccccc2c1=O. The topological polar surface area (TPSA) is 131 Å². The first kappa shape index (κ1) is 24.4. The third-order valence-electron chi connectivity index (χ3n) is 5.06. The van der Waals surface area contributed by atoms with Crippen LogP contribution in [0.1, 0.15) is 31.3 Å².